The predicted octanol–water partition coefficient (Wildman–Crippen LogP) is -1.09. The lowest BCUT2D eigenvalue weighted by Crippen LogP contribution is -2.51. The molecule has 17 heavy (non-hydrogen) atoms. The van der Waals surface area contributed by atoms with Crippen LogP contribution in [0.25, 0.3) is 0 Å². The molecule has 0 aromatic carbocycles. The lowest BCUT2D eigenvalue weighted by atomic mass is 10.4. The maximum absolute atomic E-state index is 11.8. The summed E-state index contributed by atoms with van der Waals surface area (Å²) in [4.78, 5) is 13.2. The van der Waals surface area contributed by atoms with Crippen molar-refractivity contribution in [2.24, 2.45) is 5.73 Å². The number of nitrogens with two attached hydrogens (primary N) is 1. The van der Waals surface area contributed by atoms with Gasteiger partial charge in [-0.1, -0.05) is 0 Å². The molecule has 0 radical (unpaired) electrons. The Balaban J connectivity index is 2.62. The summed E-state index contributed by atoms with van der Waals surface area (Å²) in [6, 6.07) is 0. The molecule has 2 N–H and O–H groups in total. The normalized spacial score (nSPS) is 21.5. The van der Waals surface area contributed by atoms with E-state index in [1.165, 1.54) is 4.90 Å². The van der Waals surface area contributed by atoms with E-state index in [9.17, 15) is 13.2 Å². The Morgan fingerprint density at radius 1 is 1.59 bits per heavy atom. The van der Waals surface area contributed by atoms with Crippen LogP contribution in [0.15, 0.2) is 0 Å². The molecule has 1 rings (SSSR count). The highest BCUT2D eigenvalue weighted by atomic mass is 32.2. The quantitative estimate of drug-likeness (QED) is 0.644. The number of hydrogen-bond acceptors (Lipinski definition) is 6. The maximum Gasteiger partial charge on any atom is 0.249 e. The van der Waals surface area contributed by atoms with Gasteiger partial charge in [0, 0.05) is 30.9 Å². The lowest BCUT2D eigenvalue weighted by Gasteiger charge is -2.33. The van der Waals surface area contributed by atoms with E-state index in [2.05, 4.69) is 0 Å². The van der Waals surface area contributed by atoms with Gasteiger partial charge in [0.25, 0.3) is 0 Å². The smallest absolute Gasteiger partial charge is 0.249 e. The van der Waals surface area contributed by atoms with Crippen molar-refractivity contribution in [3.05, 3.63) is 0 Å². The minimum atomic E-state index is -3.25. The summed E-state index contributed by atoms with van der Waals surface area (Å²) >= 11 is 1.55. The summed E-state index contributed by atoms with van der Waals surface area (Å²) in [7, 11) is -3.25. The van der Waals surface area contributed by atoms with Crippen molar-refractivity contribution >= 4 is 27.5 Å². The molecule has 0 aromatic rings. The molecule has 6 nitrogen and oxygen atoms in total. The van der Waals surface area contributed by atoms with Crippen molar-refractivity contribution in [3.8, 4) is 0 Å². The molecule has 0 aliphatic carbocycles. The zero-order valence-corrected chi connectivity index (χ0v) is 11.4. The van der Waals surface area contributed by atoms with Crippen molar-refractivity contribution < 1.29 is 17.9 Å². The Bertz CT molecular complexity index is 358. The van der Waals surface area contributed by atoms with Gasteiger partial charge >= 0.3 is 0 Å². The minimum absolute atomic E-state index is 0.103. The fraction of sp³-hybridized carbons (Fsp3) is 0.889. The predicted molar refractivity (Wildman–Crippen MR) is 67.5 cm³/mol. The van der Waals surface area contributed by atoms with E-state index in [0.29, 0.717) is 25.4 Å². The molecule has 1 aliphatic rings. The number of ether oxygens (including phenoxy) is 1. The van der Waals surface area contributed by atoms with Crippen molar-refractivity contribution in [2.45, 2.75) is 5.37 Å². The van der Waals surface area contributed by atoms with Gasteiger partial charge in [0.1, 0.15) is 12.0 Å². The third kappa shape index (κ3) is 4.46. The summed E-state index contributed by atoms with van der Waals surface area (Å²) in [5.41, 5.74) is 5.24. The van der Waals surface area contributed by atoms with Crippen molar-refractivity contribution in [1.82, 2.24) is 4.90 Å². The first kappa shape index (κ1) is 14.7. The number of sulfone groups is 1. The Morgan fingerprint density at radius 2 is 2.29 bits per heavy atom. The van der Waals surface area contributed by atoms with E-state index in [0.717, 1.165) is 12.0 Å². The summed E-state index contributed by atoms with van der Waals surface area (Å²) in [6.45, 7) is 0.998. The van der Waals surface area contributed by atoms with Crippen LogP contribution in [0.2, 0.25) is 0 Å². The zero-order valence-electron chi connectivity index (χ0n) is 9.79. The first-order valence-corrected chi connectivity index (χ1v) is 8.41. The monoisotopic (exact) mass is 282 g/mol. The van der Waals surface area contributed by atoms with Crippen LogP contribution >= 0.6 is 11.8 Å². The third-order valence-corrected chi connectivity index (χ3v) is 5.03. The van der Waals surface area contributed by atoms with E-state index in [-0.39, 0.29) is 12.5 Å². The maximum atomic E-state index is 11.8. The number of nitrogens with zero attached hydrogens (tertiary/aromatic N) is 1. The average molecular weight is 282 g/mol. The molecule has 0 aromatic heterocycles. The number of hydrogen-bond donors (Lipinski definition) is 1. The summed E-state index contributed by atoms with van der Waals surface area (Å²) in [5, 5.41) is -0.727. The Kier molecular flexibility index (Phi) is 5.71. The number of amides is 1. The standard InChI is InChI=1S/C9H18N2O4S2/c1-17(13,14)9-7-16-5-3-11(9)8(12)6-15-4-2-10/h9H,2-7,10H2,1H3. The van der Waals surface area contributed by atoms with Gasteiger partial charge in [0.2, 0.25) is 5.91 Å². The van der Waals surface area contributed by atoms with E-state index in [1.807, 2.05) is 0 Å². The van der Waals surface area contributed by atoms with Crippen LogP contribution in [0, 0.1) is 0 Å². The summed E-state index contributed by atoms with van der Waals surface area (Å²) < 4.78 is 28.2. The zero-order chi connectivity index (χ0) is 12.9. The van der Waals surface area contributed by atoms with Gasteiger partial charge in [-0.3, -0.25) is 4.79 Å². The van der Waals surface area contributed by atoms with E-state index in [4.69, 9.17) is 10.5 Å². The van der Waals surface area contributed by atoms with Crippen LogP contribution in [0.1, 0.15) is 0 Å². The molecule has 0 spiro atoms. The molecule has 1 atom stereocenters. The van der Waals surface area contributed by atoms with Crippen molar-refractivity contribution in [3.63, 3.8) is 0 Å². The molecule has 8 heteroatoms. The number of carbonyl (C=O) groups is 1. The Labute approximate surface area is 106 Å². The van der Waals surface area contributed by atoms with E-state index < -0.39 is 15.2 Å². The van der Waals surface area contributed by atoms with Gasteiger partial charge in [0.15, 0.2) is 9.84 Å². The van der Waals surface area contributed by atoms with Crippen LogP contribution in [-0.4, -0.2) is 68.7 Å². The summed E-state index contributed by atoms with van der Waals surface area (Å²) in [6.07, 6.45) is 1.16. The Hall–Kier alpha value is -0.310. The topological polar surface area (TPSA) is 89.7 Å². The highest BCUT2D eigenvalue weighted by molar-refractivity contribution is 8.00. The van der Waals surface area contributed by atoms with Crippen LogP contribution in [0.5, 0.6) is 0 Å². The average Bonchev–Trinajstić information content (AvgIpc) is 2.28. The second-order valence-electron chi connectivity index (χ2n) is 3.79. The largest absolute Gasteiger partial charge is 0.370 e. The number of carbonyl (C=O) groups excluding carboxylic acids is 1. The van der Waals surface area contributed by atoms with Gasteiger partial charge in [0.05, 0.1) is 6.61 Å². The lowest BCUT2D eigenvalue weighted by molar-refractivity contribution is -0.136. The SMILES string of the molecule is CS(=O)(=O)C1CSCCN1C(=O)COCCN. The van der Waals surface area contributed by atoms with Crippen LogP contribution in [-0.2, 0) is 19.4 Å². The van der Waals surface area contributed by atoms with Crippen molar-refractivity contribution in [2.75, 3.05) is 44.1 Å². The Morgan fingerprint density at radius 3 is 2.88 bits per heavy atom. The molecule has 0 saturated carbocycles. The molecule has 0 bridgehead atoms. The minimum Gasteiger partial charge on any atom is -0.370 e. The molecule has 1 aliphatic heterocycles. The fourth-order valence-electron chi connectivity index (χ4n) is 1.55. The molecule has 1 heterocycles. The van der Waals surface area contributed by atoms with E-state index >= 15 is 0 Å². The molecule has 100 valence electrons. The van der Waals surface area contributed by atoms with Gasteiger partial charge in [-0.2, -0.15) is 11.8 Å². The van der Waals surface area contributed by atoms with Gasteiger partial charge in [-0.25, -0.2) is 8.42 Å². The highest BCUT2D eigenvalue weighted by Gasteiger charge is 2.33. The van der Waals surface area contributed by atoms with Crippen LogP contribution < -0.4 is 5.73 Å². The highest BCUT2D eigenvalue weighted by Crippen LogP contribution is 2.20. The first-order chi connectivity index (χ1) is 7.96. The van der Waals surface area contributed by atoms with E-state index in [1.54, 1.807) is 11.8 Å². The molecule has 1 saturated heterocycles. The molecule has 1 amide bonds. The van der Waals surface area contributed by atoms with Crippen LogP contribution in [0.3, 0.4) is 0 Å². The molecule has 1 unspecified atom stereocenters. The second-order valence-corrected chi connectivity index (χ2v) is 7.14. The molecule has 1 fully saturated rings. The van der Waals surface area contributed by atoms with Gasteiger partial charge in [-0.15, -0.1) is 0 Å². The number of thioether (sulfide) groups is 1. The first-order valence-electron chi connectivity index (χ1n) is 5.30. The fourth-order valence-corrected chi connectivity index (χ4v) is 4.38. The number of rotatable bonds is 5. The van der Waals surface area contributed by atoms with Gasteiger partial charge in [-0.05, 0) is 0 Å². The van der Waals surface area contributed by atoms with Crippen LogP contribution in [0.4, 0.5) is 0 Å². The summed E-state index contributed by atoms with van der Waals surface area (Å²) in [5.74, 6) is 0.907. The second kappa shape index (κ2) is 6.58. The molecular formula is C9H18N2O4S2. The van der Waals surface area contributed by atoms with Crippen molar-refractivity contribution in [1.29, 1.82) is 0 Å². The molecular weight excluding hydrogens is 264 g/mol. The van der Waals surface area contributed by atoms with Gasteiger partial charge < -0.3 is 15.4 Å². The third-order valence-electron chi connectivity index (χ3n) is 2.39.